The van der Waals surface area contributed by atoms with Crippen LogP contribution in [-0.2, 0) is 19.6 Å². The van der Waals surface area contributed by atoms with Gasteiger partial charge in [0.05, 0.1) is 32.1 Å². The van der Waals surface area contributed by atoms with Gasteiger partial charge in [-0.3, -0.25) is 9.69 Å². The molecule has 0 N–H and O–H groups in total. The second-order valence-electron chi connectivity index (χ2n) is 6.10. The Bertz CT molecular complexity index is 494. The molecule has 2 saturated heterocycles. The summed E-state index contributed by atoms with van der Waals surface area (Å²) in [5, 5.41) is 0. The Balaban J connectivity index is 2.00. The van der Waals surface area contributed by atoms with Gasteiger partial charge in [0.25, 0.3) is 0 Å². The maximum Gasteiger partial charge on any atom is 0.238 e. The number of morpholine rings is 1. The Morgan fingerprint density at radius 3 is 2.65 bits per heavy atom. The van der Waals surface area contributed by atoms with Gasteiger partial charge in [0, 0.05) is 39.0 Å². The van der Waals surface area contributed by atoms with Gasteiger partial charge in [-0.25, -0.2) is 8.42 Å². The van der Waals surface area contributed by atoms with Crippen LogP contribution in [0.4, 0.5) is 0 Å². The lowest BCUT2D eigenvalue weighted by molar-refractivity contribution is -0.133. The van der Waals surface area contributed by atoms with Crippen LogP contribution in [0.2, 0.25) is 0 Å². The van der Waals surface area contributed by atoms with Gasteiger partial charge in [-0.15, -0.1) is 0 Å². The number of likely N-dealkylation sites (N-methyl/N-ethyl adjacent to an activating group) is 1. The van der Waals surface area contributed by atoms with Gasteiger partial charge >= 0.3 is 0 Å². The summed E-state index contributed by atoms with van der Waals surface area (Å²) in [5.41, 5.74) is 0. The number of sulfonamides is 1. The molecule has 2 heterocycles. The molecule has 2 fully saturated rings. The Hall–Kier alpha value is -0.350. The van der Waals surface area contributed by atoms with E-state index in [4.69, 9.17) is 4.74 Å². The van der Waals surface area contributed by atoms with Crippen LogP contribution in [0, 0.1) is 0 Å². The van der Waals surface area contributed by atoms with E-state index >= 15 is 0 Å². The standard InChI is InChI=1S/C14H27N3O4S2/c1-15(23(2,19)20)11-14(18)17-4-3-9-22-12-13(17)10-16-5-7-21-8-6-16/h13H,3-12H2,1-2H3. The van der Waals surface area contributed by atoms with Crippen molar-refractivity contribution >= 4 is 27.7 Å². The summed E-state index contributed by atoms with van der Waals surface area (Å²) < 4.78 is 29.6. The molecule has 1 atom stereocenters. The monoisotopic (exact) mass is 365 g/mol. The van der Waals surface area contributed by atoms with Gasteiger partial charge in [-0.2, -0.15) is 16.1 Å². The largest absolute Gasteiger partial charge is 0.379 e. The summed E-state index contributed by atoms with van der Waals surface area (Å²) in [7, 11) is -1.88. The number of hydrogen-bond donors (Lipinski definition) is 0. The highest BCUT2D eigenvalue weighted by Crippen LogP contribution is 2.18. The fraction of sp³-hybridized carbons (Fsp3) is 0.929. The van der Waals surface area contributed by atoms with E-state index in [0.29, 0.717) is 6.54 Å². The van der Waals surface area contributed by atoms with Crippen LogP contribution in [0.25, 0.3) is 0 Å². The Morgan fingerprint density at radius 1 is 1.30 bits per heavy atom. The molecule has 23 heavy (non-hydrogen) atoms. The molecule has 2 rings (SSSR count). The Morgan fingerprint density at radius 2 is 2.00 bits per heavy atom. The Kier molecular flexibility index (Phi) is 7.15. The number of nitrogens with zero attached hydrogens (tertiary/aromatic N) is 3. The summed E-state index contributed by atoms with van der Waals surface area (Å²) in [5.74, 6) is 1.86. The van der Waals surface area contributed by atoms with E-state index in [1.54, 1.807) is 0 Å². The van der Waals surface area contributed by atoms with Crippen LogP contribution in [0.1, 0.15) is 6.42 Å². The van der Waals surface area contributed by atoms with Crippen molar-refractivity contribution in [3.63, 3.8) is 0 Å². The first-order chi connectivity index (χ1) is 10.9. The van der Waals surface area contributed by atoms with Crippen molar-refractivity contribution in [3.05, 3.63) is 0 Å². The lowest BCUT2D eigenvalue weighted by Gasteiger charge is -2.36. The van der Waals surface area contributed by atoms with Crippen molar-refractivity contribution < 1.29 is 17.9 Å². The van der Waals surface area contributed by atoms with Crippen LogP contribution in [0.15, 0.2) is 0 Å². The zero-order valence-electron chi connectivity index (χ0n) is 13.9. The van der Waals surface area contributed by atoms with Gasteiger partial charge in [0.2, 0.25) is 15.9 Å². The molecule has 2 aliphatic rings. The predicted molar refractivity (Wildman–Crippen MR) is 92.2 cm³/mol. The average molecular weight is 366 g/mol. The first kappa shape index (κ1) is 19.0. The molecule has 0 aromatic heterocycles. The molecule has 2 aliphatic heterocycles. The Labute approximate surface area is 143 Å². The topological polar surface area (TPSA) is 70.2 Å². The van der Waals surface area contributed by atoms with Crippen LogP contribution in [0.3, 0.4) is 0 Å². The highest BCUT2D eigenvalue weighted by atomic mass is 32.2. The minimum atomic E-state index is -3.34. The summed E-state index contributed by atoms with van der Waals surface area (Å²) in [6.07, 6.45) is 2.09. The summed E-state index contributed by atoms with van der Waals surface area (Å²) in [4.78, 5) is 16.8. The first-order valence-corrected chi connectivity index (χ1v) is 11.0. The van der Waals surface area contributed by atoms with Crippen LogP contribution < -0.4 is 0 Å². The molecule has 1 unspecified atom stereocenters. The van der Waals surface area contributed by atoms with E-state index in [0.717, 1.165) is 61.3 Å². The van der Waals surface area contributed by atoms with Gasteiger partial charge in [0.15, 0.2) is 0 Å². The van der Waals surface area contributed by atoms with Gasteiger partial charge in [-0.1, -0.05) is 0 Å². The van der Waals surface area contributed by atoms with Gasteiger partial charge in [0.1, 0.15) is 0 Å². The van der Waals surface area contributed by atoms with Crippen molar-refractivity contribution in [2.75, 3.05) is 70.7 Å². The quantitative estimate of drug-likeness (QED) is 0.657. The number of amides is 1. The second-order valence-corrected chi connectivity index (χ2v) is 9.34. The van der Waals surface area contributed by atoms with E-state index < -0.39 is 10.0 Å². The van der Waals surface area contributed by atoms with Crippen molar-refractivity contribution in [1.82, 2.24) is 14.1 Å². The fourth-order valence-electron chi connectivity index (χ4n) is 2.79. The van der Waals surface area contributed by atoms with Crippen LogP contribution in [-0.4, -0.2) is 105 Å². The van der Waals surface area contributed by atoms with Crippen LogP contribution in [0.5, 0.6) is 0 Å². The lowest BCUT2D eigenvalue weighted by Crippen LogP contribution is -2.52. The highest BCUT2D eigenvalue weighted by molar-refractivity contribution is 7.99. The van der Waals surface area contributed by atoms with Crippen molar-refractivity contribution in [3.8, 4) is 0 Å². The second kappa shape index (κ2) is 8.66. The SMILES string of the molecule is CN(CC(=O)N1CCCSCC1CN1CCOCC1)S(C)(=O)=O. The normalized spacial score (nSPS) is 24.7. The summed E-state index contributed by atoms with van der Waals surface area (Å²) in [6, 6.07) is 0.140. The zero-order valence-corrected chi connectivity index (χ0v) is 15.6. The number of hydrogen-bond acceptors (Lipinski definition) is 6. The van der Waals surface area contributed by atoms with Crippen molar-refractivity contribution in [2.45, 2.75) is 12.5 Å². The molecule has 134 valence electrons. The predicted octanol–water partition coefficient (Wildman–Crippen LogP) is -0.456. The van der Waals surface area contributed by atoms with E-state index in [2.05, 4.69) is 4.90 Å². The molecule has 1 amide bonds. The van der Waals surface area contributed by atoms with E-state index in [1.807, 2.05) is 16.7 Å². The molecule has 7 nitrogen and oxygen atoms in total. The van der Waals surface area contributed by atoms with Gasteiger partial charge < -0.3 is 9.64 Å². The first-order valence-electron chi connectivity index (χ1n) is 7.96. The molecule has 0 aromatic carbocycles. The minimum absolute atomic E-state index is 0.0802. The number of rotatable bonds is 5. The van der Waals surface area contributed by atoms with Crippen molar-refractivity contribution in [1.29, 1.82) is 0 Å². The van der Waals surface area contributed by atoms with E-state index in [-0.39, 0.29) is 18.5 Å². The molecule has 0 saturated carbocycles. The molecule has 0 aromatic rings. The fourth-order valence-corrected chi connectivity index (χ4v) is 4.19. The molecule has 9 heteroatoms. The average Bonchev–Trinajstić information content (AvgIpc) is 2.73. The summed E-state index contributed by atoms with van der Waals surface area (Å²) >= 11 is 1.87. The smallest absolute Gasteiger partial charge is 0.238 e. The third-order valence-electron chi connectivity index (χ3n) is 4.26. The molecular formula is C14H27N3O4S2. The van der Waals surface area contributed by atoms with Crippen molar-refractivity contribution in [2.24, 2.45) is 0 Å². The number of thioether (sulfide) groups is 1. The summed E-state index contributed by atoms with van der Waals surface area (Å²) in [6.45, 7) is 4.74. The zero-order chi connectivity index (χ0) is 16.9. The third kappa shape index (κ3) is 5.90. The molecule has 0 aliphatic carbocycles. The maximum atomic E-state index is 12.6. The number of ether oxygens (including phenoxy) is 1. The molecular weight excluding hydrogens is 338 g/mol. The lowest BCUT2D eigenvalue weighted by atomic mass is 10.2. The van der Waals surface area contributed by atoms with Gasteiger partial charge in [-0.05, 0) is 12.2 Å². The third-order valence-corrected chi connectivity index (χ3v) is 6.72. The molecule has 0 spiro atoms. The van der Waals surface area contributed by atoms with E-state index in [1.165, 1.54) is 7.05 Å². The number of carbonyl (C=O) groups excluding carboxylic acids is 1. The molecule has 0 radical (unpaired) electrons. The number of carbonyl (C=O) groups is 1. The minimum Gasteiger partial charge on any atom is -0.379 e. The van der Waals surface area contributed by atoms with Crippen LogP contribution >= 0.6 is 11.8 Å². The molecule has 0 bridgehead atoms. The maximum absolute atomic E-state index is 12.6. The van der Waals surface area contributed by atoms with E-state index in [9.17, 15) is 13.2 Å². The highest BCUT2D eigenvalue weighted by Gasteiger charge is 2.29.